The summed E-state index contributed by atoms with van der Waals surface area (Å²) < 4.78 is 6.07. The van der Waals surface area contributed by atoms with Crippen LogP contribution >= 0.6 is 0 Å². The lowest BCUT2D eigenvalue weighted by atomic mass is 10.4. The summed E-state index contributed by atoms with van der Waals surface area (Å²) in [6, 6.07) is 0. The van der Waals surface area contributed by atoms with E-state index >= 15 is 0 Å². The van der Waals surface area contributed by atoms with Crippen LogP contribution in [0.4, 0.5) is 0 Å². The Balaban J connectivity index is 1.82. The Kier molecular flexibility index (Phi) is 2.28. The van der Waals surface area contributed by atoms with Crippen molar-refractivity contribution < 1.29 is 9.22 Å². The van der Waals surface area contributed by atoms with Gasteiger partial charge < -0.3 is 4.43 Å². The Hall–Kier alpha value is -0.573. The van der Waals surface area contributed by atoms with E-state index in [-0.39, 0.29) is 5.97 Å². The van der Waals surface area contributed by atoms with Gasteiger partial charge in [-0.05, 0) is 62.1 Å². The highest BCUT2D eigenvalue weighted by atomic mass is 28.4. The van der Waals surface area contributed by atoms with Crippen LogP contribution in [0.15, 0.2) is 12.2 Å². The molecule has 0 aliphatic heterocycles. The fourth-order valence-electron chi connectivity index (χ4n) is 3.10. The van der Waals surface area contributed by atoms with E-state index in [1.807, 2.05) is 0 Å². The normalized spacial score (nSPS) is 25.3. The predicted octanol–water partition coefficient (Wildman–Crippen LogP) is 3.54. The molecule has 3 saturated carbocycles. The van der Waals surface area contributed by atoms with E-state index in [9.17, 15) is 4.79 Å². The first-order chi connectivity index (χ1) is 7.64. The second kappa shape index (κ2) is 3.46. The summed E-state index contributed by atoms with van der Waals surface area (Å²) in [5.74, 6) is -0.0997. The molecule has 0 aromatic heterocycles. The van der Waals surface area contributed by atoms with Crippen molar-refractivity contribution in [3.8, 4) is 0 Å². The van der Waals surface area contributed by atoms with Crippen molar-refractivity contribution in [1.82, 2.24) is 0 Å². The Morgan fingerprint density at radius 3 is 1.69 bits per heavy atom. The van der Waals surface area contributed by atoms with Crippen molar-refractivity contribution in [1.29, 1.82) is 0 Å². The minimum atomic E-state index is -1.73. The van der Waals surface area contributed by atoms with Gasteiger partial charge in [0.1, 0.15) is 0 Å². The van der Waals surface area contributed by atoms with Crippen LogP contribution in [0.5, 0.6) is 0 Å². The molecule has 16 heavy (non-hydrogen) atoms. The molecule has 0 heterocycles. The van der Waals surface area contributed by atoms with E-state index in [4.69, 9.17) is 4.43 Å². The predicted molar refractivity (Wildman–Crippen MR) is 65.6 cm³/mol. The number of hydrogen-bond acceptors (Lipinski definition) is 2. The van der Waals surface area contributed by atoms with Crippen molar-refractivity contribution in [3.63, 3.8) is 0 Å². The van der Waals surface area contributed by atoms with Gasteiger partial charge in [-0.3, -0.25) is 0 Å². The molecular weight excluding hydrogens is 216 g/mol. The zero-order valence-electron chi connectivity index (χ0n) is 10.00. The van der Waals surface area contributed by atoms with E-state index in [0.717, 1.165) is 16.6 Å². The summed E-state index contributed by atoms with van der Waals surface area (Å²) in [4.78, 5) is 11.9. The summed E-state index contributed by atoms with van der Waals surface area (Å²) in [6.45, 7) is 5.50. The molecule has 0 radical (unpaired) electrons. The van der Waals surface area contributed by atoms with Crippen molar-refractivity contribution in [2.45, 2.75) is 62.1 Å². The molecule has 0 aromatic carbocycles. The molecule has 0 aromatic rings. The van der Waals surface area contributed by atoms with E-state index in [0.29, 0.717) is 5.57 Å². The van der Waals surface area contributed by atoms with Crippen LogP contribution in [0.25, 0.3) is 0 Å². The molecule has 0 atom stereocenters. The molecule has 3 fully saturated rings. The van der Waals surface area contributed by atoms with Gasteiger partial charge in [0.2, 0.25) is 0 Å². The maximum atomic E-state index is 11.9. The summed E-state index contributed by atoms with van der Waals surface area (Å²) in [5, 5.41) is 0. The Morgan fingerprint density at radius 1 is 1.06 bits per heavy atom. The highest BCUT2D eigenvalue weighted by Crippen LogP contribution is 2.68. The molecular formula is C13H20O2Si. The monoisotopic (exact) mass is 236 g/mol. The molecule has 3 aliphatic rings. The molecule has 3 rings (SSSR count). The lowest BCUT2D eigenvalue weighted by Crippen LogP contribution is -2.42. The number of hydrogen-bond donors (Lipinski definition) is 0. The number of carbonyl (C=O) groups excluding carboxylic acids is 1. The van der Waals surface area contributed by atoms with Crippen LogP contribution in [0.1, 0.15) is 45.4 Å². The second-order valence-electron chi connectivity index (χ2n) is 5.85. The van der Waals surface area contributed by atoms with Crippen LogP contribution in [-0.2, 0) is 9.22 Å². The minimum absolute atomic E-state index is 0.0997. The lowest BCUT2D eigenvalue weighted by molar-refractivity contribution is -0.131. The van der Waals surface area contributed by atoms with Crippen molar-refractivity contribution in [3.05, 3.63) is 12.2 Å². The van der Waals surface area contributed by atoms with Gasteiger partial charge in [-0.15, -0.1) is 0 Å². The lowest BCUT2D eigenvalue weighted by Gasteiger charge is -2.31. The first-order valence-corrected chi connectivity index (χ1v) is 8.67. The molecule has 88 valence electrons. The summed E-state index contributed by atoms with van der Waals surface area (Å²) in [6.07, 6.45) is 7.93. The molecule has 0 saturated heterocycles. The van der Waals surface area contributed by atoms with Gasteiger partial charge in [0.05, 0.1) is 0 Å². The van der Waals surface area contributed by atoms with Gasteiger partial charge in [0.15, 0.2) is 0 Å². The summed E-state index contributed by atoms with van der Waals surface area (Å²) in [5.41, 5.74) is 2.99. The highest BCUT2D eigenvalue weighted by molar-refractivity contribution is 6.81. The van der Waals surface area contributed by atoms with Crippen LogP contribution in [-0.4, -0.2) is 14.3 Å². The summed E-state index contributed by atoms with van der Waals surface area (Å²) in [7, 11) is -1.73. The number of carbonyl (C=O) groups is 1. The van der Waals surface area contributed by atoms with Gasteiger partial charge in [0, 0.05) is 5.57 Å². The molecule has 0 N–H and O–H groups in total. The first-order valence-electron chi connectivity index (χ1n) is 6.53. The molecule has 3 heteroatoms. The van der Waals surface area contributed by atoms with Gasteiger partial charge >= 0.3 is 5.97 Å². The van der Waals surface area contributed by atoms with Crippen LogP contribution in [0.2, 0.25) is 16.6 Å². The molecule has 2 nitrogen and oxygen atoms in total. The van der Waals surface area contributed by atoms with Gasteiger partial charge in [-0.25, -0.2) is 4.79 Å². The molecule has 3 aliphatic carbocycles. The second-order valence-corrected chi connectivity index (χ2v) is 10.2. The fraction of sp³-hybridized carbons (Fsp3) is 0.769. The minimum Gasteiger partial charge on any atom is -0.515 e. The van der Waals surface area contributed by atoms with E-state index in [2.05, 4.69) is 6.58 Å². The SMILES string of the molecule is C=C(C)C(=O)O[Si](C1CC1)(C1CC1)C1CC1. The third kappa shape index (κ3) is 1.65. The van der Waals surface area contributed by atoms with Crippen LogP contribution in [0, 0.1) is 0 Å². The van der Waals surface area contributed by atoms with Gasteiger partial charge in [-0.2, -0.15) is 0 Å². The average molecular weight is 236 g/mol. The van der Waals surface area contributed by atoms with Gasteiger partial charge in [0.25, 0.3) is 8.32 Å². The van der Waals surface area contributed by atoms with E-state index in [1.165, 1.54) is 38.5 Å². The highest BCUT2D eigenvalue weighted by Gasteiger charge is 2.66. The van der Waals surface area contributed by atoms with E-state index < -0.39 is 8.32 Å². The zero-order valence-corrected chi connectivity index (χ0v) is 11.0. The standard InChI is InChI=1S/C13H20O2Si/c1-9(2)13(14)15-16(10-3-4-10,11-5-6-11)12-7-8-12/h10-12H,1,3-8H2,2H3. The molecule has 0 spiro atoms. The van der Waals surface area contributed by atoms with E-state index in [1.54, 1.807) is 6.92 Å². The van der Waals surface area contributed by atoms with Crippen LogP contribution < -0.4 is 0 Å². The third-order valence-electron chi connectivity index (χ3n) is 4.26. The van der Waals surface area contributed by atoms with Crippen LogP contribution in [0.3, 0.4) is 0 Å². The fourth-order valence-corrected chi connectivity index (χ4v) is 9.30. The maximum absolute atomic E-state index is 11.9. The van der Waals surface area contributed by atoms with Crippen molar-refractivity contribution >= 4 is 14.3 Å². The first kappa shape index (κ1) is 10.6. The molecule has 0 unspecified atom stereocenters. The molecule has 0 amide bonds. The van der Waals surface area contributed by atoms with Crippen molar-refractivity contribution in [2.24, 2.45) is 0 Å². The Labute approximate surface area is 98.2 Å². The maximum Gasteiger partial charge on any atom is 0.319 e. The Bertz CT molecular complexity index is 307. The topological polar surface area (TPSA) is 26.3 Å². The average Bonchev–Trinajstić information content (AvgIpc) is 3.15. The van der Waals surface area contributed by atoms with Crippen molar-refractivity contribution in [2.75, 3.05) is 0 Å². The van der Waals surface area contributed by atoms with Gasteiger partial charge in [-0.1, -0.05) is 6.58 Å². The molecule has 0 bridgehead atoms. The zero-order chi connectivity index (χ0) is 11.3. The summed E-state index contributed by atoms with van der Waals surface area (Å²) >= 11 is 0. The number of rotatable bonds is 5. The third-order valence-corrected chi connectivity index (χ3v) is 10.4. The largest absolute Gasteiger partial charge is 0.515 e. The Morgan fingerprint density at radius 2 is 1.44 bits per heavy atom. The quantitative estimate of drug-likeness (QED) is 0.539. The smallest absolute Gasteiger partial charge is 0.319 e.